The van der Waals surface area contributed by atoms with Crippen molar-refractivity contribution in [1.29, 1.82) is 0 Å². The van der Waals surface area contributed by atoms with Crippen LogP contribution in [0.3, 0.4) is 0 Å². The van der Waals surface area contributed by atoms with Gasteiger partial charge in [-0.25, -0.2) is 4.98 Å². The minimum atomic E-state index is -0.972. The number of aromatic nitrogens is 3. The van der Waals surface area contributed by atoms with Crippen molar-refractivity contribution in [2.24, 2.45) is 5.92 Å². The summed E-state index contributed by atoms with van der Waals surface area (Å²) in [4.78, 5) is 33.9. The predicted octanol–water partition coefficient (Wildman–Crippen LogP) is 7.51. The van der Waals surface area contributed by atoms with E-state index in [4.69, 9.17) is 9.47 Å². The van der Waals surface area contributed by atoms with Gasteiger partial charge in [-0.05, 0) is 56.4 Å². The van der Waals surface area contributed by atoms with Crippen molar-refractivity contribution in [2.45, 2.75) is 57.2 Å². The van der Waals surface area contributed by atoms with Crippen LogP contribution < -0.4 is 14.4 Å². The number of hydrogen-bond donors (Lipinski definition) is 1. The summed E-state index contributed by atoms with van der Waals surface area (Å²) in [5.74, 6) is 0.423. The number of ketones is 1. The van der Waals surface area contributed by atoms with Gasteiger partial charge in [-0.15, -0.1) is 21.5 Å². The number of Topliss-reactive ketones (excluding diaryl/α,β-unsaturated/α-hetero) is 1. The highest BCUT2D eigenvalue weighted by molar-refractivity contribution is 8.00. The topological polar surface area (TPSA) is 115 Å². The molecule has 1 N–H and O–H groups in total. The van der Waals surface area contributed by atoms with Crippen LogP contribution in [-0.2, 0) is 10.5 Å². The molecule has 0 radical (unpaired) electrons. The smallest absolute Gasteiger partial charge is 0.296 e. The van der Waals surface area contributed by atoms with E-state index in [1.165, 1.54) is 39.3 Å². The van der Waals surface area contributed by atoms with E-state index in [0.717, 1.165) is 17.0 Å². The predicted molar refractivity (Wildman–Crippen MR) is 174 cm³/mol. The lowest BCUT2D eigenvalue weighted by Crippen LogP contribution is -2.31. The highest BCUT2D eigenvalue weighted by Crippen LogP contribution is 2.46. The zero-order chi connectivity index (χ0) is 31.4. The molecule has 0 saturated heterocycles. The van der Waals surface area contributed by atoms with Crippen molar-refractivity contribution in [3.63, 3.8) is 0 Å². The summed E-state index contributed by atoms with van der Waals surface area (Å²) < 4.78 is 12.6. The Labute approximate surface area is 269 Å². The molecule has 44 heavy (non-hydrogen) atoms. The minimum absolute atomic E-state index is 0.0358. The summed E-state index contributed by atoms with van der Waals surface area (Å²) in [6.07, 6.45) is 0.878. The van der Waals surface area contributed by atoms with Crippen molar-refractivity contribution < 1.29 is 24.2 Å². The quantitative estimate of drug-likeness (QED) is 0.0892. The number of carbonyl (C=O) groups excluding carboxylic acids is 2. The third-order valence-corrected chi connectivity index (χ3v) is 10.1. The summed E-state index contributed by atoms with van der Waals surface area (Å²) in [5, 5.41) is 20.9. The van der Waals surface area contributed by atoms with Crippen molar-refractivity contribution in [3.05, 3.63) is 86.6 Å². The number of rotatable bonds is 13. The Bertz CT molecular complexity index is 1680. The van der Waals surface area contributed by atoms with Crippen LogP contribution in [0.15, 0.2) is 64.2 Å². The van der Waals surface area contributed by atoms with Gasteiger partial charge in [0.05, 0.1) is 40.4 Å². The van der Waals surface area contributed by atoms with E-state index in [9.17, 15) is 14.7 Å². The molecule has 5 rings (SSSR count). The highest BCUT2D eigenvalue weighted by Gasteiger charge is 2.47. The molecule has 9 nitrogen and oxygen atoms in total. The van der Waals surface area contributed by atoms with Crippen molar-refractivity contribution in [1.82, 2.24) is 15.2 Å². The van der Waals surface area contributed by atoms with Crippen LogP contribution in [0.1, 0.15) is 64.7 Å². The van der Waals surface area contributed by atoms with E-state index in [2.05, 4.69) is 29.0 Å². The van der Waals surface area contributed by atoms with Gasteiger partial charge in [0, 0.05) is 5.75 Å². The van der Waals surface area contributed by atoms with Gasteiger partial charge in [0.1, 0.15) is 0 Å². The SMILES string of the molecule is CCOc1cc(C2C(C(=O)c3sc(C)nc3C)=C(O)C(=O)N2c2nnc(SCc3ccccc3)s2)ccc1OCCC(C)C. The molecular weight excluding hydrogens is 617 g/mol. The maximum atomic E-state index is 14.0. The summed E-state index contributed by atoms with van der Waals surface area (Å²) in [6.45, 7) is 10.6. The number of amides is 1. The first kappa shape index (κ1) is 31.7. The largest absolute Gasteiger partial charge is 0.503 e. The molecular formula is C32H34N4O5S3. The maximum absolute atomic E-state index is 14.0. The molecule has 3 heterocycles. The van der Waals surface area contributed by atoms with Crippen LogP contribution in [0.25, 0.3) is 0 Å². The molecule has 1 atom stereocenters. The number of benzene rings is 2. The molecule has 0 aliphatic carbocycles. The fourth-order valence-corrected chi connectivity index (χ4v) is 7.48. The van der Waals surface area contributed by atoms with Crippen LogP contribution in [0.5, 0.6) is 11.5 Å². The number of thiazole rings is 1. The Morgan fingerprint density at radius 2 is 1.84 bits per heavy atom. The van der Waals surface area contributed by atoms with Crippen molar-refractivity contribution in [2.75, 3.05) is 18.1 Å². The second kappa shape index (κ2) is 13.9. The third kappa shape index (κ3) is 6.82. The number of nitrogens with zero attached hydrogens (tertiary/aromatic N) is 4. The van der Waals surface area contributed by atoms with Gasteiger partial charge in [-0.1, -0.05) is 73.3 Å². The Morgan fingerprint density at radius 1 is 1.07 bits per heavy atom. The van der Waals surface area contributed by atoms with E-state index >= 15 is 0 Å². The minimum Gasteiger partial charge on any atom is -0.503 e. The third-order valence-electron chi connectivity index (χ3n) is 6.91. The molecule has 0 bridgehead atoms. The molecule has 0 saturated carbocycles. The zero-order valence-corrected chi connectivity index (χ0v) is 27.6. The van der Waals surface area contributed by atoms with Gasteiger partial charge < -0.3 is 14.6 Å². The highest BCUT2D eigenvalue weighted by atomic mass is 32.2. The Hall–Kier alpha value is -3.74. The molecule has 0 spiro atoms. The van der Waals surface area contributed by atoms with Gasteiger partial charge in [0.25, 0.3) is 5.91 Å². The van der Waals surface area contributed by atoms with Gasteiger partial charge >= 0.3 is 0 Å². The van der Waals surface area contributed by atoms with Crippen LogP contribution in [0.2, 0.25) is 0 Å². The Kier molecular flexibility index (Phi) is 10.0. The Balaban J connectivity index is 1.54. The standard InChI is InChI=1S/C32H34N4O5S3/c1-6-40-24-16-22(12-13-23(24)41-15-14-18(2)3)26-25(27(37)29-19(4)33-20(5)43-29)28(38)30(39)36(26)31-34-35-32(44-31)42-17-21-10-8-7-9-11-21/h7-13,16,18,26,38H,6,14-15,17H2,1-5H3. The normalized spacial score (nSPS) is 15.0. The molecule has 1 amide bonds. The number of carbonyl (C=O) groups is 2. The summed E-state index contributed by atoms with van der Waals surface area (Å²) in [6, 6.07) is 14.4. The number of thioether (sulfide) groups is 1. The lowest BCUT2D eigenvalue weighted by atomic mass is 9.95. The summed E-state index contributed by atoms with van der Waals surface area (Å²) in [5.41, 5.74) is 2.21. The van der Waals surface area contributed by atoms with Crippen LogP contribution in [0.4, 0.5) is 5.13 Å². The average molecular weight is 651 g/mol. The molecule has 2 aromatic heterocycles. The maximum Gasteiger partial charge on any atom is 0.296 e. The van der Waals surface area contributed by atoms with Crippen molar-refractivity contribution >= 4 is 51.3 Å². The summed E-state index contributed by atoms with van der Waals surface area (Å²) in [7, 11) is 0. The first-order valence-corrected chi connectivity index (χ1v) is 16.9. The first-order chi connectivity index (χ1) is 21.2. The van der Waals surface area contributed by atoms with Crippen molar-refractivity contribution in [3.8, 4) is 11.5 Å². The molecule has 1 unspecified atom stereocenters. The number of aliphatic hydroxyl groups is 1. The van der Waals surface area contributed by atoms with Gasteiger partial charge in [0.2, 0.25) is 10.9 Å². The molecule has 1 aliphatic rings. The number of aliphatic hydroxyl groups excluding tert-OH is 1. The van der Waals surface area contributed by atoms with Gasteiger partial charge in [0.15, 0.2) is 21.6 Å². The van der Waals surface area contributed by atoms with E-state index < -0.39 is 23.5 Å². The molecule has 2 aromatic carbocycles. The van der Waals surface area contributed by atoms with E-state index in [-0.39, 0.29) is 10.7 Å². The lowest BCUT2D eigenvalue weighted by molar-refractivity contribution is -0.117. The molecule has 0 fully saturated rings. The van der Waals surface area contributed by atoms with Gasteiger partial charge in [-0.3, -0.25) is 14.5 Å². The number of hydrogen-bond acceptors (Lipinski definition) is 11. The molecule has 230 valence electrons. The zero-order valence-electron chi connectivity index (χ0n) is 25.2. The fraction of sp³-hybridized carbons (Fsp3) is 0.344. The average Bonchev–Trinajstić information content (AvgIpc) is 3.68. The summed E-state index contributed by atoms with van der Waals surface area (Å²) >= 11 is 3.97. The fourth-order valence-electron chi connectivity index (χ4n) is 4.78. The van der Waals surface area contributed by atoms with Crippen LogP contribution in [0, 0.1) is 19.8 Å². The lowest BCUT2D eigenvalue weighted by Gasteiger charge is -2.25. The Morgan fingerprint density at radius 3 is 2.52 bits per heavy atom. The number of aryl methyl sites for hydroxylation is 2. The molecule has 1 aliphatic heterocycles. The first-order valence-electron chi connectivity index (χ1n) is 14.3. The second-order valence-corrected chi connectivity index (χ2v) is 14.0. The second-order valence-electron chi connectivity index (χ2n) is 10.6. The number of anilines is 1. The van der Waals surface area contributed by atoms with E-state index in [1.807, 2.05) is 44.2 Å². The van der Waals surface area contributed by atoms with E-state index in [0.29, 0.717) is 56.9 Å². The van der Waals surface area contributed by atoms with E-state index in [1.54, 1.807) is 25.1 Å². The molecule has 4 aromatic rings. The molecule has 12 heteroatoms. The van der Waals surface area contributed by atoms with Gasteiger partial charge in [-0.2, -0.15) is 0 Å². The van der Waals surface area contributed by atoms with Crippen LogP contribution in [-0.4, -0.2) is 45.2 Å². The monoisotopic (exact) mass is 650 g/mol. The van der Waals surface area contributed by atoms with Crippen LogP contribution >= 0.6 is 34.4 Å². The number of ether oxygens (including phenoxy) is 2.